The van der Waals surface area contributed by atoms with Crippen molar-refractivity contribution >= 4 is 11.6 Å². The van der Waals surface area contributed by atoms with Crippen LogP contribution in [0.4, 0.5) is 0 Å². The summed E-state index contributed by atoms with van der Waals surface area (Å²) in [6.07, 6.45) is 6.04. The van der Waals surface area contributed by atoms with E-state index in [2.05, 4.69) is 18.8 Å². The highest BCUT2D eigenvalue weighted by atomic mass is 35.5. The van der Waals surface area contributed by atoms with Crippen LogP contribution >= 0.6 is 11.6 Å². The average molecular weight is 273 g/mol. The third-order valence-corrected chi connectivity index (χ3v) is 3.42. The van der Waals surface area contributed by atoms with E-state index in [0.717, 1.165) is 12.8 Å². The zero-order chi connectivity index (χ0) is 13.5. The van der Waals surface area contributed by atoms with Gasteiger partial charge in [-0.3, -0.25) is 9.36 Å². The van der Waals surface area contributed by atoms with Crippen LogP contribution in [0.25, 0.3) is 0 Å². The highest BCUT2D eigenvalue weighted by molar-refractivity contribution is 6.30. The standard InChI is InChI=1S/C13H21ClN2O2/c1-4-6-7-10(5-2)8-16-9-15-12(14)11(18-3)13(16)17/h9-10H,4-8H2,1-3H3. The minimum Gasteiger partial charge on any atom is -0.489 e. The number of ether oxygens (including phenoxy) is 1. The topological polar surface area (TPSA) is 44.1 Å². The van der Waals surface area contributed by atoms with Gasteiger partial charge in [-0.15, -0.1) is 0 Å². The number of methoxy groups -OCH3 is 1. The van der Waals surface area contributed by atoms with Gasteiger partial charge in [-0.1, -0.05) is 44.7 Å². The highest BCUT2D eigenvalue weighted by Gasteiger charge is 2.13. The first-order chi connectivity index (χ1) is 8.63. The second kappa shape index (κ2) is 7.41. The molecular formula is C13H21ClN2O2. The van der Waals surface area contributed by atoms with Crippen molar-refractivity contribution in [2.45, 2.75) is 46.1 Å². The van der Waals surface area contributed by atoms with Gasteiger partial charge in [0.2, 0.25) is 5.75 Å². The van der Waals surface area contributed by atoms with Crippen LogP contribution in [0.1, 0.15) is 39.5 Å². The number of unbranched alkanes of at least 4 members (excludes halogenated alkanes) is 1. The van der Waals surface area contributed by atoms with Gasteiger partial charge in [0.25, 0.3) is 5.56 Å². The van der Waals surface area contributed by atoms with Gasteiger partial charge in [-0.2, -0.15) is 0 Å². The maximum absolute atomic E-state index is 12.1. The average Bonchev–Trinajstić information content (AvgIpc) is 2.37. The minimum absolute atomic E-state index is 0.125. The van der Waals surface area contributed by atoms with Crippen molar-refractivity contribution in [3.63, 3.8) is 0 Å². The third-order valence-electron chi connectivity index (χ3n) is 3.16. The number of rotatable bonds is 7. The lowest BCUT2D eigenvalue weighted by Crippen LogP contribution is -2.25. The van der Waals surface area contributed by atoms with Crippen molar-refractivity contribution in [1.82, 2.24) is 9.55 Å². The molecule has 1 unspecified atom stereocenters. The molecule has 102 valence electrons. The van der Waals surface area contributed by atoms with E-state index >= 15 is 0 Å². The Morgan fingerprint density at radius 2 is 2.22 bits per heavy atom. The fraction of sp³-hybridized carbons (Fsp3) is 0.692. The van der Waals surface area contributed by atoms with Gasteiger partial charge in [0, 0.05) is 6.54 Å². The van der Waals surface area contributed by atoms with E-state index in [1.54, 1.807) is 4.57 Å². The van der Waals surface area contributed by atoms with Crippen molar-refractivity contribution in [3.8, 4) is 5.75 Å². The lowest BCUT2D eigenvalue weighted by Gasteiger charge is -2.16. The summed E-state index contributed by atoms with van der Waals surface area (Å²) in [4.78, 5) is 16.0. The second-order valence-corrected chi connectivity index (χ2v) is 4.80. The summed E-state index contributed by atoms with van der Waals surface area (Å²) in [5, 5.41) is 0.125. The molecule has 0 fully saturated rings. The molecule has 0 saturated heterocycles. The molecular weight excluding hydrogens is 252 g/mol. The minimum atomic E-state index is -0.201. The highest BCUT2D eigenvalue weighted by Crippen LogP contribution is 2.17. The fourth-order valence-electron chi connectivity index (χ4n) is 1.95. The zero-order valence-corrected chi connectivity index (χ0v) is 12.0. The summed E-state index contributed by atoms with van der Waals surface area (Å²) in [7, 11) is 1.43. The van der Waals surface area contributed by atoms with Crippen LogP contribution in [0.15, 0.2) is 11.1 Å². The molecule has 0 aliphatic carbocycles. The number of hydrogen-bond donors (Lipinski definition) is 0. The van der Waals surface area contributed by atoms with Crippen LogP contribution in [0.5, 0.6) is 5.75 Å². The molecule has 1 rings (SSSR count). The molecule has 0 aliphatic heterocycles. The molecule has 5 heteroatoms. The molecule has 18 heavy (non-hydrogen) atoms. The monoisotopic (exact) mass is 272 g/mol. The van der Waals surface area contributed by atoms with Gasteiger partial charge >= 0.3 is 0 Å². The fourth-order valence-corrected chi connectivity index (χ4v) is 2.15. The number of nitrogens with zero attached hydrogens (tertiary/aromatic N) is 2. The SMILES string of the molecule is CCCCC(CC)Cn1cnc(Cl)c(OC)c1=O. The first kappa shape index (κ1) is 15.0. The Bertz CT molecular complexity index is 431. The van der Waals surface area contributed by atoms with Crippen LogP contribution in [-0.2, 0) is 6.54 Å². The van der Waals surface area contributed by atoms with Gasteiger partial charge in [-0.25, -0.2) is 4.98 Å². The third kappa shape index (κ3) is 3.73. The van der Waals surface area contributed by atoms with Crippen molar-refractivity contribution in [2.24, 2.45) is 5.92 Å². The van der Waals surface area contributed by atoms with Gasteiger partial charge in [0.05, 0.1) is 13.4 Å². The van der Waals surface area contributed by atoms with E-state index in [1.807, 2.05) is 0 Å². The smallest absolute Gasteiger partial charge is 0.297 e. The Morgan fingerprint density at radius 3 is 2.78 bits per heavy atom. The molecule has 0 radical (unpaired) electrons. The lowest BCUT2D eigenvalue weighted by atomic mass is 9.99. The summed E-state index contributed by atoms with van der Waals surface area (Å²) in [5.74, 6) is 0.625. The van der Waals surface area contributed by atoms with E-state index in [9.17, 15) is 4.79 Å². The predicted octanol–water partition coefficient (Wildman–Crippen LogP) is 3.12. The number of halogens is 1. The predicted molar refractivity (Wildman–Crippen MR) is 73.4 cm³/mol. The molecule has 4 nitrogen and oxygen atoms in total. The first-order valence-corrected chi connectivity index (χ1v) is 6.80. The van der Waals surface area contributed by atoms with Crippen LogP contribution in [0.2, 0.25) is 5.15 Å². The van der Waals surface area contributed by atoms with E-state index in [1.165, 1.54) is 26.3 Å². The molecule has 0 amide bonds. The van der Waals surface area contributed by atoms with Gasteiger partial charge in [-0.05, 0) is 12.3 Å². The van der Waals surface area contributed by atoms with Crippen molar-refractivity contribution in [3.05, 3.63) is 21.8 Å². The van der Waals surface area contributed by atoms with E-state index < -0.39 is 0 Å². The summed E-state index contributed by atoms with van der Waals surface area (Å²) in [6, 6.07) is 0. The normalized spacial score (nSPS) is 12.4. The quantitative estimate of drug-likeness (QED) is 0.717. The Hall–Kier alpha value is -1.03. The van der Waals surface area contributed by atoms with Crippen LogP contribution < -0.4 is 10.3 Å². The Kier molecular flexibility index (Phi) is 6.19. The summed E-state index contributed by atoms with van der Waals surface area (Å²) in [6.45, 7) is 4.99. The van der Waals surface area contributed by atoms with Crippen LogP contribution in [-0.4, -0.2) is 16.7 Å². The molecule has 0 bridgehead atoms. The number of aromatic nitrogens is 2. The summed E-state index contributed by atoms with van der Waals surface area (Å²) < 4.78 is 6.58. The van der Waals surface area contributed by atoms with Gasteiger partial charge in [0.1, 0.15) is 0 Å². The Labute approximate surface area is 113 Å². The maximum atomic E-state index is 12.1. The maximum Gasteiger partial charge on any atom is 0.297 e. The zero-order valence-electron chi connectivity index (χ0n) is 11.3. The van der Waals surface area contributed by atoms with Gasteiger partial charge in [0.15, 0.2) is 5.15 Å². The number of hydrogen-bond acceptors (Lipinski definition) is 3. The van der Waals surface area contributed by atoms with Crippen LogP contribution in [0.3, 0.4) is 0 Å². The van der Waals surface area contributed by atoms with E-state index in [0.29, 0.717) is 12.5 Å². The first-order valence-electron chi connectivity index (χ1n) is 6.42. The van der Waals surface area contributed by atoms with E-state index in [-0.39, 0.29) is 16.5 Å². The molecule has 0 saturated carbocycles. The van der Waals surface area contributed by atoms with Gasteiger partial charge < -0.3 is 4.74 Å². The second-order valence-electron chi connectivity index (χ2n) is 4.44. The molecule has 0 N–H and O–H groups in total. The lowest BCUT2D eigenvalue weighted by molar-refractivity contribution is 0.365. The van der Waals surface area contributed by atoms with Crippen molar-refractivity contribution in [1.29, 1.82) is 0 Å². The Morgan fingerprint density at radius 1 is 1.50 bits per heavy atom. The molecule has 1 aromatic rings. The van der Waals surface area contributed by atoms with Crippen LogP contribution in [0, 0.1) is 5.92 Å². The van der Waals surface area contributed by atoms with Crippen molar-refractivity contribution in [2.75, 3.05) is 7.11 Å². The molecule has 1 atom stereocenters. The van der Waals surface area contributed by atoms with Crippen molar-refractivity contribution < 1.29 is 4.74 Å². The molecule has 1 aromatic heterocycles. The Balaban J connectivity index is 2.86. The molecule has 0 spiro atoms. The largest absolute Gasteiger partial charge is 0.489 e. The molecule has 0 aliphatic rings. The summed E-state index contributed by atoms with van der Waals surface area (Å²) in [5.41, 5.74) is -0.201. The molecule has 1 heterocycles. The molecule has 0 aromatic carbocycles. The van der Waals surface area contributed by atoms with E-state index in [4.69, 9.17) is 16.3 Å². The summed E-state index contributed by atoms with van der Waals surface area (Å²) >= 11 is 5.81.